The smallest absolute Gasteiger partial charge is 0.171 e. The highest BCUT2D eigenvalue weighted by Gasteiger charge is 2.11. The molecule has 0 saturated heterocycles. The van der Waals surface area contributed by atoms with E-state index in [1.807, 2.05) is 6.07 Å². The van der Waals surface area contributed by atoms with E-state index in [1.165, 1.54) is 0 Å². The molecule has 1 atom stereocenters. The van der Waals surface area contributed by atoms with E-state index in [1.54, 1.807) is 24.3 Å². The SMILES string of the molecule is O=C([O-])CC[C@H](NC(=S)Nc1ccccc1)C(=O)[O-]. The van der Waals surface area contributed by atoms with Crippen molar-refractivity contribution in [3.8, 4) is 0 Å². The third-order valence-corrected chi connectivity index (χ3v) is 2.48. The Morgan fingerprint density at radius 1 is 1.21 bits per heavy atom. The van der Waals surface area contributed by atoms with Gasteiger partial charge in [-0.1, -0.05) is 18.2 Å². The van der Waals surface area contributed by atoms with Gasteiger partial charge >= 0.3 is 0 Å². The predicted octanol–water partition coefficient (Wildman–Crippen LogP) is -1.38. The number of carboxylic acid groups (broad SMARTS) is 2. The van der Waals surface area contributed by atoms with Crippen LogP contribution in [0.1, 0.15) is 12.8 Å². The first-order chi connectivity index (χ1) is 8.99. The van der Waals surface area contributed by atoms with Gasteiger partial charge in [0.05, 0.1) is 12.0 Å². The van der Waals surface area contributed by atoms with Crippen molar-refractivity contribution in [2.24, 2.45) is 0 Å². The number of nitrogens with one attached hydrogen (secondary N) is 2. The number of thiocarbonyl (C=S) groups is 1. The molecule has 0 aliphatic rings. The van der Waals surface area contributed by atoms with Crippen LogP contribution in [-0.4, -0.2) is 23.1 Å². The van der Waals surface area contributed by atoms with Crippen LogP contribution in [0.15, 0.2) is 30.3 Å². The molecule has 1 aromatic rings. The number of carbonyl (C=O) groups is 2. The molecule has 0 unspecified atom stereocenters. The van der Waals surface area contributed by atoms with Crippen LogP contribution in [0, 0.1) is 0 Å². The average molecular weight is 280 g/mol. The van der Waals surface area contributed by atoms with E-state index in [0.29, 0.717) is 5.69 Å². The highest BCUT2D eigenvalue weighted by molar-refractivity contribution is 7.80. The van der Waals surface area contributed by atoms with Gasteiger partial charge in [0.15, 0.2) is 5.11 Å². The fraction of sp³-hybridized carbons (Fsp3) is 0.250. The Hall–Kier alpha value is -2.15. The van der Waals surface area contributed by atoms with Crippen molar-refractivity contribution in [1.29, 1.82) is 0 Å². The molecule has 1 aromatic carbocycles. The molecule has 19 heavy (non-hydrogen) atoms. The van der Waals surface area contributed by atoms with Gasteiger partial charge in [0.2, 0.25) is 0 Å². The zero-order chi connectivity index (χ0) is 14.3. The second-order valence-corrected chi connectivity index (χ2v) is 4.16. The molecule has 0 spiro atoms. The molecule has 0 amide bonds. The Bertz CT molecular complexity index is 464. The highest BCUT2D eigenvalue weighted by atomic mass is 32.1. The third kappa shape index (κ3) is 5.82. The molecule has 1 rings (SSSR count). The lowest BCUT2D eigenvalue weighted by Crippen LogP contribution is -2.49. The van der Waals surface area contributed by atoms with Crippen LogP contribution in [0.4, 0.5) is 5.69 Å². The molecule has 6 nitrogen and oxygen atoms in total. The summed E-state index contributed by atoms with van der Waals surface area (Å²) in [4.78, 5) is 21.1. The number of rotatable bonds is 6. The van der Waals surface area contributed by atoms with Crippen molar-refractivity contribution in [3.63, 3.8) is 0 Å². The number of carbonyl (C=O) groups excluding carboxylic acids is 2. The fourth-order valence-electron chi connectivity index (χ4n) is 1.36. The van der Waals surface area contributed by atoms with Crippen LogP contribution in [0.2, 0.25) is 0 Å². The number of hydrogen-bond acceptors (Lipinski definition) is 5. The molecule has 0 aliphatic heterocycles. The zero-order valence-electron chi connectivity index (χ0n) is 9.92. The molecule has 0 aliphatic carbocycles. The van der Waals surface area contributed by atoms with Crippen LogP contribution < -0.4 is 20.8 Å². The van der Waals surface area contributed by atoms with Crippen LogP contribution in [-0.2, 0) is 9.59 Å². The first kappa shape index (κ1) is 14.9. The standard InChI is InChI=1S/C12H14N2O4S/c15-10(16)7-6-9(11(17)18)14-12(19)13-8-4-2-1-3-5-8/h1-5,9H,6-7H2,(H,15,16)(H,17,18)(H2,13,14,19)/p-2/t9-/m0/s1. The van der Waals surface area contributed by atoms with E-state index in [-0.39, 0.29) is 18.0 Å². The first-order valence-electron chi connectivity index (χ1n) is 5.52. The second-order valence-electron chi connectivity index (χ2n) is 3.75. The van der Waals surface area contributed by atoms with Gasteiger partial charge in [-0.2, -0.15) is 0 Å². The van der Waals surface area contributed by atoms with Gasteiger partial charge in [0.25, 0.3) is 0 Å². The summed E-state index contributed by atoms with van der Waals surface area (Å²) in [6.45, 7) is 0. The summed E-state index contributed by atoms with van der Waals surface area (Å²) in [6, 6.07) is 7.73. The lowest BCUT2D eigenvalue weighted by Gasteiger charge is -2.22. The van der Waals surface area contributed by atoms with Crippen molar-refractivity contribution < 1.29 is 19.8 Å². The Morgan fingerprint density at radius 3 is 2.37 bits per heavy atom. The number of para-hydroxylation sites is 1. The number of benzene rings is 1. The van der Waals surface area contributed by atoms with E-state index in [4.69, 9.17) is 12.2 Å². The largest absolute Gasteiger partial charge is 0.550 e. The summed E-state index contributed by atoms with van der Waals surface area (Å²) in [7, 11) is 0. The predicted molar refractivity (Wildman–Crippen MR) is 68.8 cm³/mol. The highest BCUT2D eigenvalue weighted by Crippen LogP contribution is 2.05. The summed E-state index contributed by atoms with van der Waals surface area (Å²) in [5, 5.41) is 26.5. The maximum absolute atomic E-state index is 10.8. The molecule has 0 bridgehead atoms. The summed E-state index contributed by atoms with van der Waals surface area (Å²) in [5.41, 5.74) is 0.692. The first-order valence-corrected chi connectivity index (χ1v) is 5.93. The van der Waals surface area contributed by atoms with Crippen molar-refractivity contribution in [2.45, 2.75) is 18.9 Å². The lowest BCUT2D eigenvalue weighted by molar-refractivity contribution is -0.309. The molecule has 102 valence electrons. The molecule has 0 saturated carbocycles. The Balaban J connectivity index is 2.52. The van der Waals surface area contributed by atoms with Crippen molar-refractivity contribution in [3.05, 3.63) is 30.3 Å². The lowest BCUT2D eigenvalue weighted by atomic mass is 10.1. The van der Waals surface area contributed by atoms with Gasteiger partial charge in [-0.3, -0.25) is 0 Å². The normalized spacial score (nSPS) is 11.4. The maximum atomic E-state index is 10.8. The average Bonchev–Trinajstić information content (AvgIpc) is 2.35. The Kier molecular flexibility index (Phi) is 5.74. The van der Waals surface area contributed by atoms with E-state index in [2.05, 4.69) is 10.6 Å². The van der Waals surface area contributed by atoms with Gasteiger partial charge in [-0.05, 0) is 37.2 Å². The number of hydrogen-bond donors (Lipinski definition) is 2. The van der Waals surface area contributed by atoms with Crippen LogP contribution in [0.5, 0.6) is 0 Å². The van der Waals surface area contributed by atoms with E-state index < -0.39 is 18.0 Å². The molecule has 0 fully saturated rings. The molecule has 2 N–H and O–H groups in total. The molecule has 0 heterocycles. The Labute approximate surface area is 115 Å². The molecular formula is C12H12N2O4S-2. The molecule has 7 heteroatoms. The third-order valence-electron chi connectivity index (χ3n) is 2.26. The van der Waals surface area contributed by atoms with Gasteiger partial charge in [-0.25, -0.2) is 0 Å². The van der Waals surface area contributed by atoms with Gasteiger partial charge < -0.3 is 30.4 Å². The quantitative estimate of drug-likeness (QED) is 0.619. The minimum absolute atomic E-state index is 0.0822. The summed E-state index contributed by atoms with van der Waals surface area (Å²) < 4.78 is 0. The Morgan fingerprint density at radius 2 is 1.84 bits per heavy atom. The number of aliphatic carboxylic acids is 2. The van der Waals surface area contributed by atoms with Gasteiger partial charge in [0, 0.05) is 11.7 Å². The number of carboxylic acids is 2. The fourth-order valence-corrected chi connectivity index (χ4v) is 1.62. The summed E-state index contributed by atoms with van der Waals surface area (Å²) in [5.74, 6) is -2.74. The van der Waals surface area contributed by atoms with Crippen molar-refractivity contribution >= 4 is 35.0 Å². The summed E-state index contributed by atoms with van der Waals surface area (Å²) >= 11 is 4.94. The van der Waals surface area contributed by atoms with Crippen LogP contribution in [0.3, 0.4) is 0 Å². The van der Waals surface area contributed by atoms with Gasteiger partial charge in [0.1, 0.15) is 0 Å². The minimum Gasteiger partial charge on any atom is -0.550 e. The van der Waals surface area contributed by atoms with E-state index >= 15 is 0 Å². The minimum atomic E-state index is -1.42. The zero-order valence-corrected chi connectivity index (χ0v) is 10.7. The van der Waals surface area contributed by atoms with Crippen molar-refractivity contribution in [1.82, 2.24) is 5.32 Å². The van der Waals surface area contributed by atoms with Gasteiger partial charge in [-0.15, -0.1) is 0 Å². The summed E-state index contributed by atoms with van der Waals surface area (Å²) in [6.07, 6.45) is -0.555. The molecular weight excluding hydrogens is 268 g/mol. The van der Waals surface area contributed by atoms with Crippen molar-refractivity contribution in [2.75, 3.05) is 5.32 Å². The number of anilines is 1. The monoisotopic (exact) mass is 280 g/mol. The van der Waals surface area contributed by atoms with E-state index in [0.717, 1.165) is 0 Å². The second kappa shape index (κ2) is 7.32. The topological polar surface area (TPSA) is 104 Å². The van der Waals surface area contributed by atoms with Crippen LogP contribution in [0.25, 0.3) is 0 Å². The van der Waals surface area contributed by atoms with Crippen LogP contribution >= 0.6 is 12.2 Å². The van der Waals surface area contributed by atoms with E-state index in [9.17, 15) is 19.8 Å². The molecule has 0 radical (unpaired) electrons. The molecule has 0 aromatic heterocycles. The maximum Gasteiger partial charge on any atom is 0.171 e.